The van der Waals surface area contributed by atoms with E-state index in [2.05, 4.69) is 4.90 Å². The van der Waals surface area contributed by atoms with Crippen molar-refractivity contribution >= 4 is 0 Å². The van der Waals surface area contributed by atoms with Crippen LogP contribution in [-0.2, 0) is 16.1 Å². The van der Waals surface area contributed by atoms with Gasteiger partial charge in [0, 0.05) is 19.6 Å². The van der Waals surface area contributed by atoms with Crippen LogP contribution in [0.5, 0.6) is 5.75 Å². The molecule has 1 N–H and O–H groups in total. The molecule has 0 bridgehead atoms. The van der Waals surface area contributed by atoms with Gasteiger partial charge in [0.1, 0.15) is 5.75 Å². The van der Waals surface area contributed by atoms with Gasteiger partial charge in [-0.3, -0.25) is 4.90 Å². The van der Waals surface area contributed by atoms with E-state index in [1.807, 2.05) is 24.3 Å². The SMILES string of the molecule is COc1ccc(COC[C@H](O)CN2CCOCC2)cc1. The van der Waals surface area contributed by atoms with Gasteiger partial charge in [-0.1, -0.05) is 12.1 Å². The van der Waals surface area contributed by atoms with Crippen LogP contribution in [0.4, 0.5) is 0 Å². The molecule has 0 unspecified atom stereocenters. The second-order valence-electron chi connectivity index (χ2n) is 4.93. The minimum atomic E-state index is -0.452. The maximum Gasteiger partial charge on any atom is 0.118 e. The zero-order valence-electron chi connectivity index (χ0n) is 12.0. The lowest BCUT2D eigenvalue weighted by atomic mass is 10.2. The van der Waals surface area contributed by atoms with Gasteiger partial charge in [-0.15, -0.1) is 0 Å². The zero-order chi connectivity index (χ0) is 14.2. The first kappa shape index (κ1) is 15.3. The van der Waals surface area contributed by atoms with Gasteiger partial charge >= 0.3 is 0 Å². The molecular formula is C15H23NO4. The molecule has 5 heteroatoms. The van der Waals surface area contributed by atoms with Crippen LogP contribution in [0, 0.1) is 0 Å². The molecule has 0 amide bonds. The molecule has 112 valence electrons. The van der Waals surface area contributed by atoms with Gasteiger partial charge in [-0.25, -0.2) is 0 Å². The summed E-state index contributed by atoms with van der Waals surface area (Å²) in [5.41, 5.74) is 1.07. The molecule has 0 saturated carbocycles. The molecule has 0 radical (unpaired) electrons. The number of methoxy groups -OCH3 is 1. The van der Waals surface area contributed by atoms with Crippen molar-refractivity contribution in [2.45, 2.75) is 12.7 Å². The van der Waals surface area contributed by atoms with E-state index in [9.17, 15) is 5.11 Å². The van der Waals surface area contributed by atoms with E-state index in [4.69, 9.17) is 14.2 Å². The summed E-state index contributed by atoms with van der Waals surface area (Å²) in [7, 11) is 1.65. The first-order valence-corrected chi connectivity index (χ1v) is 6.97. The van der Waals surface area contributed by atoms with Crippen LogP contribution in [0.25, 0.3) is 0 Å². The van der Waals surface area contributed by atoms with Crippen molar-refractivity contribution in [3.63, 3.8) is 0 Å². The highest BCUT2D eigenvalue weighted by Crippen LogP contribution is 2.12. The molecule has 1 heterocycles. The molecule has 2 rings (SSSR count). The smallest absolute Gasteiger partial charge is 0.118 e. The van der Waals surface area contributed by atoms with E-state index >= 15 is 0 Å². The first-order valence-electron chi connectivity index (χ1n) is 6.97. The number of aliphatic hydroxyl groups excluding tert-OH is 1. The lowest BCUT2D eigenvalue weighted by Gasteiger charge is -2.28. The van der Waals surface area contributed by atoms with Crippen molar-refractivity contribution in [3.05, 3.63) is 29.8 Å². The van der Waals surface area contributed by atoms with Crippen LogP contribution < -0.4 is 4.74 Å². The topological polar surface area (TPSA) is 51.2 Å². The van der Waals surface area contributed by atoms with Gasteiger partial charge in [0.15, 0.2) is 0 Å². The van der Waals surface area contributed by atoms with Gasteiger partial charge < -0.3 is 19.3 Å². The Labute approximate surface area is 120 Å². The number of hydrogen-bond acceptors (Lipinski definition) is 5. The number of rotatable bonds is 7. The molecular weight excluding hydrogens is 258 g/mol. The Hall–Kier alpha value is -1.14. The highest BCUT2D eigenvalue weighted by atomic mass is 16.5. The van der Waals surface area contributed by atoms with Crippen molar-refractivity contribution < 1.29 is 19.3 Å². The maximum absolute atomic E-state index is 9.93. The number of benzene rings is 1. The highest BCUT2D eigenvalue weighted by molar-refractivity contribution is 5.26. The van der Waals surface area contributed by atoms with E-state index in [1.165, 1.54) is 0 Å². The summed E-state index contributed by atoms with van der Waals surface area (Å²) in [4.78, 5) is 2.20. The van der Waals surface area contributed by atoms with E-state index in [0.717, 1.165) is 37.6 Å². The Balaban J connectivity index is 1.63. The van der Waals surface area contributed by atoms with Gasteiger partial charge in [0.05, 0.1) is 39.6 Å². The minimum Gasteiger partial charge on any atom is -0.497 e. The van der Waals surface area contributed by atoms with Gasteiger partial charge in [-0.2, -0.15) is 0 Å². The molecule has 1 fully saturated rings. The summed E-state index contributed by atoms with van der Waals surface area (Å²) in [6, 6.07) is 7.74. The van der Waals surface area contributed by atoms with Gasteiger partial charge in [0.2, 0.25) is 0 Å². The summed E-state index contributed by atoms with van der Waals surface area (Å²) < 4.78 is 15.9. The average molecular weight is 281 g/mol. The fraction of sp³-hybridized carbons (Fsp3) is 0.600. The first-order chi connectivity index (χ1) is 9.78. The Morgan fingerprint density at radius 3 is 2.60 bits per heavy atom. The zero-order valence-corrected chi connectivity index (χ0v) is 12.0. The highest BCUT2D eigenvalue weighted by Gasteiger charge is 2.14. The van der Waals surface area contributed by atoms with Crippen LogP contribution in [0.1, 0.15) is 5.56 Å². The third-order valence-electron chi connectivity index (χ3n) is 3.31. The minimum absolute atomic E-state index is 0.351. The number of β-amino-alcohol motifs (C(OH)–C–C–N with tert-alkyl or cyclic N) is 1. The van der Waals surface area contributed by atoms with Crippen molar-refractivity contribution in [1.82, 2.24) is 4.90 Å². The van der Waals surface area contributed by atoms with Crippen molar-refractivity contribution in [2.24, 2.45) is 0 Å². The van der Waals surface area contributed by atoms with Crippen molar-refractivity contribution in [2.75, 3.05) is 46.6 Å². The van der Waals surface area contributed by atoms with E-state index in [1.54, 1.807) is 7.11 Å². The van der Waals surface area contributed by atoms with Gasteiger partial charge in [-0.05, 0) is 17.7 Å². The van der Waals surface area contributed by atoms with Crippen LogP contribution in [0.2, 0.25) is 0 Å². The number of aliphatic hydroxyl groups is 1. The van der Waals surface area contributed by atoms with E-state index in [-0.39, 0.29) is 0 Å². The molecule has 0 spiro atoms. The van der Waals surface area contributed by atoms with Crippen molar-refractivity contribution in [3.8, 4) is 5.75 Å². The summed E-state index contributed by atoms with van der Waals surface area (Å²) >= 11 is 0. The van der Waals surface area contributed by atoms with Crippen LogP contribution in [-0.4, -0.2) is 62.7 Å². The number of hydrogen-bond donors (Lipinski definition) is 1. The lowest BCUT2D eigenvalue weighted by molar-refractivity contribution is -0.0175. The molecule has 1 saturated heterocycles. The second-order valence-corrected chi connectivity index (χ2v) is 4.93. The molecule has 0 aromatic heterocycles. The second kappa shape index (κ2) is 8.21. The number of ether oxygens (including phenoxy) is 3. The fourth-order valence-corrected chi connectivity index (χ4v) is 2.17. The summed E-state index contributed by atoms with van der Waals surface area (Å²) in [5, 5.41) is 9.93. The monoisotopic (exact) mass is 281 g/mol. The Kier molecular flexibility index (Phi) is 6.26. The Morgan fingerprint density at radius 2 is 1.95 bits per heavy atom. The van der Waals surface area contributed by atoms with Crippen LogP contribution in [0.3, 0.4) is 0 Å². The fourth-order valence-electron chi connectivity index (χ4n) is 2.17. The Bertz CT molecular complexity index is 376. The molecule has 0 aliphatic carbocycles. The molecule has 1 atom stereocenters. The van der Waals surface area contributed by atoms with Gasteiger partial charge in [0.25, 0.3) is 0 Å². The molecule has 1 aromatic rings. The standard InChI is InChI=1S/C15H23NO4/c1-18-15-4-2-13(3-5-15)11-20-12-14(17)10-16-6-8-19-9-7-16/h2-5,14,17H,6-12H2,1H3/t14-/m1/s1. The van der Waals surface area contributed by atoms with Crippen LogP contribution in [0.15, 0.2) is 24.3 Å². The molecule has 1 aliphatic heterocycles. The third kappa shape index (κ3) is 5.09. The third-order valence-corrected chi connectivity index (χ3v) is 3.31. The largest absolute Gasteiger partial charge is 0.497 e. The predicted molar refractivity (Wildman–Crippen MR) is 75.9 cm³/mol. The van der Waals surface area contributed by atoms with E-state index in [0.29, 0.717) is 19.8 Å². The number of morpholine rings is 1. The average Bonchev–Trinajstić information content (AvgIpc) is 2.49. The maximum atomic E-state index is 9.93. The van der Waals surface area contributed by atoms with Crippen molar-refractivity contribution in [1.29, 1.82) is 0 Å². The van der Waals surface area contributed by atoms with E-state index < -0.39 is 6.10 Å². The predicted octanol–water partition coefficient (Wildman–Crippen LogP) is 0.905. The number of nitrogens with zero attached hydrogens (tertiary/aromatic N) is 1. The van der Waals surface area contributed by atoms with Crippen LogP contribution >= 0.6 is 0 Å². The molecule has 1 aromatic carbocycles. The summed E-state index contributed by atoms with van der Waals surface area (Å²) in [5.74, 6) is 0.834. The summed E-state index contributed by atoms with van der Waals surface area (Å²) in [6.45, 7) is 4.77. The quantitative estimate of drug-likeness (QED) is 0.805. The Morgan fingerprint density at radius 1 is 1.25 bits per heavy atom. The lowest BCUT2D eigenvalue weighted by Crippen LogP contribution is -2.42. The molecule has 5 nitrogen and oxygen atoms in total. The molecule has 1 aliphatic rings. The molecule has 20 heavy (non-hydrogen) atoms. The summed E-state index contributed by atoms with van der Waals surface area (Å²) in [6.07, 6.45) is -0.452. The normalized spacial score (nSPS) is 17.9.